The van der Waals surface area contributed by atoms with Gasteiger partial charge in [-0.3, -0.25) is 24.8 Å². The molecule has 184 valence electrons. The molecule has 0 radical (unpaired) electrons. The van der Waals surface area contributed by atoms with Crippen molar-refractivity contribution in [2.24, 2.45) is 0 Å². The summed E-state index contributed by atoms with van der Waals surface area (Å²) in [5.41, 5.74) is 4.56. The van der Waals surface area contributed by atoms with Crippen LogP contribution in [0.4, 0.5) is 4.79 Å². The van der Waals surface area contributed by atoms with E-state index in [1.807, 2.05) is 29.7 Å². The first-order valence-corrected chi connectivity index (χ1v) is 11.9. The zero-order chi connectivity index (χ0) is 25.4. The molecule has 0 bridgehead atoms. The standard InChI is InChI=1S/C26H26N6O4/c1-16-24(22(34)14-30-8-6-20(33)7-9-30)25-21(32(16)19-4-2-17(11-27)3-5-19)10-18(12-28-25)13-31-15-23(35)29-26(31)36/h2-5,10,12,20,33H,6-9,13-15H2,1H3,(H,29,35,36). The predicted molar refractivity (Wildman–Crippen MR) is 130 cm³/mol. The number of carbonyl (C=O) groups excluding carboxylic acids is 3. The van der Waals surface area contributed by atoms with Crippen molar-refractivity contribution >= 4 is 28.8 Å². The highest BCUT2D eigenvalue weighted by molar-refractivity contribution is 6.09. The van der Waals surface area contributed by atoms with Crippen LogP contribution >= 0.6 is 0 Å². The summed E-state index contributed by atoms with van der Waals surface area (Å²) in [6.45, 7) is 3.62. The molecule has 0 atom stereocenters. The van der Waals surface area contributed by atoms with Crippen LogP contribution in [-0.2, 0) is 11.3 Å². The summed E-state index contributed by atoms with van der Waals surface area (Å²) in [5, 5.41) is 21.3. The van der Waals surface area contributed by atoms with Gasteiger partial charge in [-0.05, 0) is 55.7 Å². The first-order chi connectivity index (χ1) is 17.3. The number of amides is 3. The number of rotatable bonds is 6. The Hall–Kier alpha value is -4.07. The largest absolute Gasteiger partial charge is 0.393 e. The molecule has 0 unspecified atom stereocenters. The summed E-state index contributed by atoms with van der Waals surface area (Å²) in [6.07, 6.45) is 2.61. The van der Waals surface area contributed by atoms with E-state index in [2.05, 4.69) is 21.3 Å². The molecule has 2 aromatic heterocycles. The molecular formula is C26H26N6O4. The van der Waals surface area contributed by atoms with E-state index in [1.165, 1.54) is 4.90 Å². The number of aliphatic hydroxyl groups excluding tert-OH is 1. The Balaban J connectivity index is 1.55. The summed E-state index contributed by atoms with van der Waals surface area (Å²) in [7, 11) is 0. The summed E-state index contributed by atoms with van der Waals surface area (Å²) < 4.78 is 1.94. The second-order valence-electron chi connectivity index (χ2n) is 9.31. The molecule has 2 N–H and O–H groups in total. The molecule has 2 aliphatic rings. The molecule has 3 amide bonds. The van der Waals surface area contributed by atoms with Gasteiger partial charge in [-0.2, -0.15) is 5.26 Å². The Bertz CT molecular complexity index is 1400. The number of urea groups is 1. The summed E-state index contributed by atoms with van der Waals surface area (Å²) in [5.74, 6) is -0.394. The van der Waals surface area contributed by atoms with Gasteiger partial charge in [0.15, 0.2) is 5.78 Å². The lowest BCUT2D eigenvalue weighted by molar-refractivity contribution is -0.118. The summed E-state index contributed by atoms with van der Waals surface area (Å²) in [6, 6.07) is 10.6. The molecule has 5 rings (SSSR count). The van der Waals surface area contributed by atoms with Crippen LogP contribution in [0.3, 0.4) is 0 Å². The van der Waals surface area contributed by atoms with E-state index in [0.717, 1.165) is 16.9 Å². The number of piperidine rings is 1. The number of hydrogen-bond donors (Lipinski definition) is 2. The van der Waals surface area contributed by atoms with Crippen molar-refractivity contribution in [3.05, 3.63) is 58.9 Å². The Morgan fingerprint density at radius 2 is 1.94 bits per heavy atom. The number of Topliss-reactive ketones (excluding diaryl/α,β-unsaturated/α-hetero) is 1. The van der Waals surface area contributed by atoms with Crippen molar-refractivity contribution < 1.29 is 19.5 Å². The molecule has 2 saturated heterocycles. The van der Waals surface area contributed by atoms with Crippen molar-refractivity contribution in [1.29, 1.82) is 5.26 Å². The predicted octanol–water partition coefficient (Wildman–Crippen LogP) is 1.90. The molecule has 4 heterocycles. The summed E-state index contributed by atoms with van der Waals surface area (Å²) >= 11 is 0. The van der Waals surface area contributed by atoms with Crippen LogP contribution in [0, 0.1) is 18.3 Å². The van der Waals surface area contributed by atoms with E-state index in [4.69, 9.17) is 0 Å². The molecule has 2 aliphatic heterocycles. The van der Waals surface area contributed by atoms with E-state index in [1.54, 1.807) is 18.3 Å². The Labute approximate surface area is 207 Å². The van der Waals surface area contributed by atoms with Crippen LogP contribution in [0.15, 0.2) is 36.5 Å². The maximum absolute atomic E-state index is 13.5. The first kappa shape index (κ1) is 23.7. The Morgan fingerprint density at radius 3 is 2.58 bits per heavy atom. The summed E-state index contributed by atoms with van der Waals surface area (Å²) in [4.78, 5) is 45.2. The highest BCUT2D eigenvalue weighted by Gasteiger charge is 2.28. The third-order valence-electron chi connectivity index (χ3n) is 6.80. The number of nitriles is 1. The third kappa shape index (κ3) is 4.46. The van der Waals surface area contributed by atoms with Gasteiger partial charge in [-0.15, -0.1) is 0 Å². The molecule has 3 aromatic rings. The fourth-order valence-corrected chi connectivity index (χ4v) is 4.95. The monoisotopic (exact) mass is 486 g/mol. The van der Waals surface area contributed by atoms with Crippen LogP contribution < -0.4 is 5.32 Å². The molecular weight excluding hydrogens is 460 g/mol. The number of benzene rings is 1. The minimum atomic E-state index is -0.443. The van der Waals surface area contributed by atoms with Crippen molar-refractivity contribution in [3.8, 4) is 11.8 Å². The average Bonchev–Trinajstić information content (AvgIpc) is 3.34. The number of nitrogens with one attached hydrogen (secondary N) is 1. The molecule has 0 spiro atoms. The number of fused-ring (bicyclic) bond motifs is 1. The number of hydrogen-bond acceptors (Lipinski definition) is 7. The minimum Gasteiger partial charge on any atom is -0.393 e. The van der Waals surface area contributed by atoms with E-state index in [-0.39, 0.29) is 37.4 Å². The van der Waals surface area contributed by atoms with Gasteiger partial charge in [0.25, 0.3) is 0 Å². The van der Waals surface area contributed by atoms with Gasteiger partial charge in [0.1, 0.15) is 6.54 Å². The van der Waals surface area contributed by atoms with Crippen molar-refractivity contribution in [2.75, 3.05) is 26.2 Å². The highest BCUT2D eigenvalue weighted by Crippen LogP contribution is 2.30. The lowest BCUT2D eigenvalue weighted by Crippen LogP contribution is -2.39. The molecule has 36 heavy (non-hydrogen) atoms. The fourth-order valence-electron chi connectivity index (χ4n) is 4.95. The van der Waals surface area contributed by atoms with Gasteiger partial charge >= 0.3 is 6.03 Å². The fraction of sp³-hybridized carbons (Fsp3) is 0.346. The normalized spacial score (nSPS) is 17.0. The minimum absolute atomic E-state index is 0.0131. The number of aromatic nitrogens is 2. The zero-order valence-electron chi connectivity index (χ0n) is 19.9. The van der Waals surface area contributed by atoms with Crippen LogP contribution in [0.5, 0.6) is 0 Å². The molecule has 10 nitrogen and oxygen atoms in total. The van der Waals surface area contributed by atoms with E-state index >= 15 is 0 Å². The number of pyridine rings is 1. The maximum Gasteiger partial charge on any atom is 0.324 e. The maximum atomic E-state index is 13.5. The zero-order valence-corrected chi connectivity index (χ0v) is 19.9. The Morgan fingerprint density at radius 1 is 1.22 bits per heavy atom. The van der Waals surface area contributed by atoms with E-state index in [9.17, 15) is 24.8 Å². The lowest BCUT2D eigenvalue weighted by atomic mass is 10.1. The van der Waals surface area contributed by atoms with Crippen molar-refractivity contribution in [3.63, 3.8) is 0 Å². The third-order valence-corrected chi connectivity index (χ3v) is 6.80. The van der Waals surface area contributed by atoms with Gasteiger partial charge in [-0.25, -0.2) is 4.79 Å². The van der Waals surface area contributed by atoms with Gasteiger partial charge in [0.05, 0.1) is 40.9 Å². The molecule has 2 fully saturated rings. The van der Waals surface area contributed by atoms with Crippen LogP contribution in [-0.4, -0.2) is 74.5 Å². The number of aliphatic hydroxyl groups is 1. The second-order valence-corrected chi connectivity index (χ2v) is 9.31. The van der Waals surface area contributed by atoms with Gasteiger partial charge in [-0.1, -0.05) is 0 Å². The molecule has 0 saturated carbocycles. The molecule has 1 aromatic carbocycles. The van der Waals surface area contributed by atoms with E-state index < -0.39 is 6.03 Å². The number of likely N-dealkylation sites (tertiary alicyclic amines) is 1. The van der Waals surface area contributed by atoms with E-state index in [0.29, 0.717) is 48.1 Å². The number of ketones is 1. The second kappa shape index (κ2) is 9.53. The topological polar surface area (TPSA) is 132 Å². The Kier molecular flexibility index (Phi) is 6.26. The van der Waals surface area contributed by atoms with Gasteiger partial charge < -0.3 is 14.6 Å². The SMILES string of the molecule is Cc1c(C(=O)CN2CCC(O)CC2)c2ncc(CN3CC(=O)NC3=O)cc2n1-c1ccc(C#N)cc1. The van der Waals surface area contributed by atoms with Gasteiger partial charge in [0, 0.05) is 37.2 Å². The number of imide groups is 1. The number of carbonyl (C=O) groups is 3. The quantitative estimate of drug-likeness (QED) is 0.402. The smallest absolute Gasteiger partial charge is 0.324 e. The molecule has 0 aliphatic carbocycles. The average molecular weight is 487 g/mol. The highest BCUT2D eigenvalue weighted by atomic mass is 16.3. The van der Waals surface area contributed by atoms with Crippen molar-refractivity contribution in [2.45, 2.75) is 32.4 Å². The van der Waals surface area contributed by atoms with Crippen molar-refractivity contribution in [1.82, 2.24) is 24.7 Å². The van der Waals surface area contributed by atoms with Crippen LogP contribution in [0.1, 0.15) is 40.0 Å². The van der Waals surface area contributed by atoms with Crippen LogP contribution in [0.25, 0.3) is 16.7 Å². The van der Waals surface area contributed by atoms with Gasteiger partial charge in [0.2, 0.25) is 5.91 Å². The molecule has 10 heteroatoms. The number of nitrogens with zero attached hydrogens (tertiary/aromatic N) is 5. The van der Waals surface area contributed by atoms with Crippen LogP contribution in [0.2, 0.25) is 0 Å². The lowest BCUT2D eigenvalue weighted by Gasteiger charge is -2.28. The first-order valence-electron chi connectivity index (χ1n) is 11.9.